The van der Waals surface area contributed by atoms with E-state index in [0.29, 0.717) is 55.8 Å². The van der Waals surface area contributed by atoms with Crippen molar-refractivity contribution >= 4 is 23.3 Å². The second-order valence-corrected chi connectivity index (χ2v) is 7.73. The number of nitrogens with zero attached hydrogens (tertiary/aromatic N) is 3. The van der Waals surface area contributed by atoms with Crippen LogP contribution in [0.5, 0.6) is 0 Å². The number of ether oxygens (including phenoxy) is 2. The minimum atomic E-state index is -0.278. The van der Waals surface area contributed by atoms with Crippen LogP contribution in [0.15, 0.2) is 36.5 Å². The van der Waals surface area contributed by atoms with Crippen LogP contribution in [0, 0.1) is 5.82 Å². The maximum atomic E-state index is 13.2. The molecule has 2 aliphatic heterocycles. The number of anilines is 1. The summed E-state index contributed by atoms with van der Waals surface area (Å²) in [7, 11) is 0. The lowest BCUT2D eigenvalue weighted by molar-refractivity contribution is -0.0176. The number of halogens is 2. The first-order valence-electron chi connectivity index (χ1n) is 9.69. The van der Waals surface area contributed by atoms with Crippen molar-refractivity contribution in [3.63, 3.8) is 0 Å². The van der Waals surface area contributed by atoms with Crippen LogP contribution >= 0.6 is 11.6 Å². The summed E-state index contributed by atoms with van der Waals surface area (Å²) in [5.41, 5.74) is 1.37. The number of carbonyl (C=O) groups is 1. The van der Waals surface area contributed by atoms with Crippen molar-refractivity contribution in [2.75, 3.05) is 44.3 Å². The van der Waals surface area contributed by atoms with Gasteiger partial charge in [0.1, 0.15) is 17.7 Å². The zero-order valence-corrected chi connectivity index (χ0v) is 16.9. The first-order chi connectivity index (χ1) is 14.0. The number of morpholine rings is 2. The number of carbonyl (C=O) groups excluding carboxylic acids is 1. The fourth-order valence-corrected chi connectivity index (χ4v) is 4.00. The molecule has 6 nitrogen and oxygen atoms in total. The Morgan fingerprint density at radius 1 is 1.21 bits per heavy atom. The van der Waals surface area contributed by atoms with E-state index in [-0.39, 0.29) is 23.9 Å². The van der Waals surface area contributed by atoms with Gasteiger partial charge in [0.2, 0.25) is 0 Å². The monoisotopic (exact) mass is 419 g/mol. The molecule has 2 aliphatic rings. The Labute approximate surface area is 174 Å². The molecule has 1 amide bonds. The molecule has 2 aromatic rings. The molecule has 2 saturated heterocycles. The fourth-order valence-electron chi connectivity index (χ4n) is 3.72. The average molecular weight is 420 g/mol. The molecular formula is C21H23ClFN3O3. The number of aromatic nitrogens is 1. The van der Waals surface area contributed by atoms with E-state index in [9.17, 15) is 9.18 Å². The Kier molecular flexibility index (Phi) is 5.99. The number of benzene rings is 1. The molecular weight excluding hydrogens is 397 g/mol. The van der Waals surface area contributed by atoms with Crippen molar-refractivity contribution in [2.45, 2.75) is 19.1 Å². The van der Waals surface area contributed by atoms with E-state index in [0.717, 1.165) is 5.56 Å². The van der Waals surface area contributed by atoms with E-state index in [1.807, 2.05) is 11.8 Å². The molecule has 2 unspecified atom stereocenters. The number of pyridine rings is 1. The van der Waals surface area contributed by atoms with Crippen LogP contribution < -0.4 is 4.90 Å². The third-order valence-electron chi connectivity index (χ3n) is 5.17. The van der Waals surface area contributed by atoms with E-state index in [1.165, 1.54) is 12.1 Å². The van der Waals surface area contributed by atoms with Gasteiger partial charge < -0.3 is 19.3 Å². The van der Waals surface area contributed by atoms with Gasteiger partial charge in [-0.2, -0.15) is 0 Å². The molecule has 2 atom stereocenters. The summed E-state index contributed by atoms with van der Waals surface area (Å²) in [6, 6.07) is 8.00. The molecule has 4 rings (SSSR count). The van der Waals surface area contributed by atoms with Crippen molar-refractivity contribution in [3.05, 3.63) is 58.5 Å². The number of rotatable bonds is 3. The predicted octanol–water partition coefficient (Wildman–Crippen LogP) is 3.31. The second kappa shape index (κ2) is 8.65. The van der Waals surface area contributed by atoms with Gasteiger partial charge in [0, 0.05) is 32.4 Å². The third-order valence-corrected chi connectivity index (χ3v) is 5.45. The maximum absolute atomic E-state index is 13.2. The first kappa shape index (κ1) is 20.1. The van der Waals surface area contributed by atoms with E-state index < -0.39 is 0 Å². The zero-order chi connectivity index (χ0) is 20.4. The summed E-state index contributed by atoms with van der Waals surface area (Å²) in [6.07, 6.45) is 1.31. The van der Waals surface area contributed by atoms with Crippen molar-refractivity contribution in [1.29, 1.82) is 0 Å². The standard InChI is InChI=1S/C21H23ClFN3O3/c1-14-12-26(13-19(29-14)15-2-4-17(23)5-3-15)20-18(22)10-16(11-24-20)21(27)25-6-8-28-9-7-25/h2-5,10-11,14,19H,6-9,12-13H2,1H3. The highest BCUT2D eigenvalue weighted by Crippen LogP contribution is 2.32. The van der Waals surface area contributed by atoms with E-state index >= 15 is 0 Å². The van der Waals surface area contributed by atoms with Crippen LogP contribution in [0.3, 0.4) is 0 Å². The number of hydrogen-bond donors (Lipinski definition) is 0. The highest BCUT2D eigenvalue weighted by atomic mass is 35.5. The number of hydrogen-bond acceptors (Lipinski definition) is 5. The Hall–Kier alpha value is -2.22. The van der Waals surface area contributed by atoms with Crippen LogP contribution in [0.25, 0.3) is 0 Å². The third kappa shape index (κ3) is 4.52. The minimum absolute atomic E-state index is 0.0497. The summed E-state index contributed by atoms with van der Waals surface area (Å²) in [4.78, 5) is 21.0. The van der Waals surface area contributed by atoms with Gasteiger partial charge in [0.15, 0.2) is 0 Å². The molecule has 154 valence electrons. The lowest BCUT2D eigenvalue weighted by Gasteiger charge is -2.38. The molecule has 1 aromatic heterocycles. The van der Waals surface area contributed by atoms with Crippen LogP contribution in [-0.4, -0.2) is 61.3 Å². The summed E-state index contributed by atoms with van der Waals surface area (Å²) in [6.45, 7) is 5.37. The summed E-state index contributed by atoms with van der Waals surface area (Å²) >= 11 is 6.52. The predicted molar refractivity (Wildman–Crippen MR) is 108 cm³/mol. The van der Waals surface area contributed by atoms with Crippen LogP contribution in [0.4, 0.5) is 10.2 Å². The highest BCUT2D eigenvalue weighted by Gasteiger charge is 2.29. The van der Waals surface area contributed by atoms with Gasteiger partial charge in [-0.1, -0.05) is 23.7 Å². The topological polar surface area (TPSA) is 54.9 Å². The average Bonchev–Trinajstić information content (AvgIpc) is 2.74. The van der Waals surface area contributed by atoms with Gasteiger partial charge in [-0.15, -0.1) is 0 Å². The van der Waals surface area contributed by atoms with Gasteiger partial charge in [0.25, 0.3) is 5.91 Å². The van der Waals surface area contributed by atoms with Crippen molar-refractivity contribution in [1.82, 2.24) is 9.88 Å². The van der Waals surface area contributed by atoms with Crippen molar-refractivity contribution in [2.24, 2.45) is 0 Å². The van der Waals surface area contributed by atoms with Gasteiger partial charge in [0.05, 0.1) is 29.9 Å². The summed E-state index contributed by atoms with van der Waals surface area (Å²) < 4.78 is 24.6. The number of amides is 1. The van der Waals surface area contributed by atoms with E-state index in [4.69, 9.17) is 21.1 Å². The summed E-state index contributed by atoms with van der Waals surface area (Å²) in [5, 5.41) is 0.427. The second-order valence-electron chi connectivity index (χ2n) is 7.33. The Morgan fingerprint density at radius 2 is 1.93 bits per heavy atom. The quantitative estimate of drug-likeness (QED) is 0.764. The molecule has 8 heteroatoms. The van der Waals surface area contributed by atoms with Gasteiger partial charge in [-0.25, -0.2) is 9.37 Å². The lowest BCUT2D eigenvalue weighted by Crippen LogP contribution is -2.43. The summed E-state index contributed by atoms with van der Waals surface area (Å²) in [5.74, 6) is 0.251. The Balaban J connectivity index is 1.52. The lowest BCUT2D eigenvalue weighted by atomic mass is 10.1. The van der Waals surface area contributed by atoms with Gasteiger partial charge in [-0.05, 0) is 30.7 Å². The van der Waals surface area contributed by atoms with Crippen LogP contribution in [-0.2, 0) is 9.47 Å². The molecule has 0 radical (unpaired) electrons. The van der Waals surface area contributed by atoms with Crippen molar-refractivity contribution < 1.29 is 18.7 Å². The van der Waals surface area contributed by atoms with Gasteiger partial charge >= 0.3 is 0 Å². The molecule has 3 heterocycles. The largest absolute Gasteiger partial charge is 0.378 e. The molecule has 1 aromatic carbocycles. The van der Waals surface area contributed by atoms with Gasteiger partial charge in [-0.3, -0.25) is 4.79 Å². The van der Waals surface area contributed by atoms with Crippen molar-refractivity contribution in [3.8, 4) is 0 Å². The van der Waals surface area contributed by atoms with E-state index in [2.05, 4.69) is 4.98 Å². The minimum Gasteiger partial charge on any atom is -0.378 e. The Morgan fingerprint density at radius 3 is 2.62 bits per heavy atom. The highest BCUT2D eigenvalue weighted by molar-refractivity contribution is 6.33. The molecule has 29 heavy (non-hydrogen) atoms. The fraction of sp³-hybridized carbons (Fsp3) is 0.429. The first-order valence-corrected chi connectivity index (χ1v) is 10.1. The molecule has 0 N–H and O–H groups in total. The zero-order valence-electron chi connectivity index (χ0n) is 16.2. The molecule has 0 saturated carbocycles. The molecule has 0 aliphatic carbocycles. The Bertz CT molecular complexity index is 874. The van der Waals surface area contributed by atoms with E-state index in [1.54, 1.807) is 29.3 Å². The maximum Gasteiger partial charge on any atom is 0.255 e. The SMILES string of the molecule is CC1CN(c2ncc(C(=O)N3CCOCC3)cc2Cl)CC(c2ccc(F)cc2)O1. The van der Waals surface area contributed by atoms with Crippen LogP contribution in [0.2, 0.25) is 5.02 Å². The smallest absolute Gasteiger partial charge is 0.255 e. The molecule has 0 spiro atoms. The normalized spacial score (nSPS) is 22.6. The molecule has 0 bridgehead atoms. The molecule has 2 fully saturated rings. The van der Waals surface area contributed by atoms with Crippen LogP contribution in [0.1, 0.15) is 28.9 Å².